The summed E-state index contributed by atoms with van der Waals surface area (Å²) in [4.78, 5) is 3.91. The highest BCUT2D eigenvalue weighted by molar-refractivity contribution is 7.90. The highest BCUT2D eigenvalue weighted by Crippen LogP contribution is 2.39. The molecule has 0 aliphatic carbocycles. The van der Waals surface area contributed by atoms with Crippen LogP contribution in [0.5, 0.6) is 0 Å². The molecular weight excluding hydrogens is 369 g/mol. The van der Waals surface area contributed by atoms with Crippen molar-refractivity contribution in [2.45, 2.75) is 4.90 Å². The zero-order valence-corrected chi connectivity index (χ0v) is 14.8. The molecule has 9 heteroatoms. The fourth-order valence-electron chi connectivity index (χ4n) is 2.46. The van der Waals surface area contributed by atoms with E-state index in [1.54, 1.807) is 24.3 Å². The molecule has 0 unspecified atom stereocenters. The second-order valence-electron chi connectivity index (χ2n) is 5.26. The Hall–Kier alpha value is -2.16. The van der Waals surface area contributed by atoms with Crippen LogP contribution in [0.3, 0.4) is 0 Å². The summed E-state index contributed by atoms with van der Waals surface area (Å²) in [5, 5.41) is 3.29. The number of methoxy groups -OCH3 is 1. The van der Waals surface area contributed by atoms with Crippen molar-refractivity contribution in [3.63, 3.8) is 0 Å². The number of halogens is 2. The highest BCUT2D eigenvalue weighted by atomic mass is 35.5. The van der Waals surface area contributed by atoms with Crippen molar-refractivity contribution in [2.75, 3.05) is 25.6 Å². The minimum atomic E-state index is -3.96. The van der Waals surface area contributed by atoms with E-state index >= 15 is 0 Å². The summed E-state index contributed by atoms with van der Waals surface area (Å²) in [5.41, 5.74) is 1.08. The molecule has 25 heavy (non-hydrogen) atoms. The molecule has 0 radical (unpaired) electrons. The van der Waals surface area contributed by atoms with Crippen molar-refractivity contribution >= 4 is 33.3 Å². The molecule has 132 valence electrons. The molecule has 0 spiro atoms. The van der Waals surface area contributed by atoms with E-state index in [9.17, 15) is 12.8 Å². The average Bonchev–Trinajstić information content (AvgIpc) is 2.55. The summed E-state index contributed by atoms with van der Waals surface area (Å²) in [5.74, 6) is -0.634. The third kappa shape index (κ3) is 3.60. The second-order valence-corrected chi connectivity index (χ2v) is 7.32. The normalized spacial score (nSPS) is 16.8. The van der Waals surface area contributed by atoms with Gasteiger partial charge in [-0.2, -0.15) is 0 Å². The van der Waals surface area contributed by atoms with E-state index in [0.717, 1.165) is 6.07 Å². The number of guanidine groups is 1. The maximum absolute atomic E-state index is 14.1. The molecular formula is C16H15ClFN3O3S. The van der Waals surface area contributed by atoms with Crippen LogP contribution < -0.4 is 10.0 Å². The fourth-order valence-corrected chi connectivity index (χ4v) is 3.88. The summed E-state index contributed by atoms with van der Waals surface area (Å²) in [7, 11) is -2.44. The van der Waals surface area contributed by atoms with Crippen molar-refractivity contribution in [1.82, 2.24) is 4.72 Å². The summed E-state index contributed by atoms with van der Waals surface area (Å²) in [6.45, 7) is 0.597. The number of rotatable bonds is 4. The Labute approximate surface area is 149 Å². The summed E-state index contributed by atoms with van der Waals surface area (Å²) >= 11 is 6.20. The van der Waals surface area contributed by atoms with Gasteiger partial charge in [0.25, 0.3) is 10.0 Å². The number of aliphatic imine (C=N–C) groups is 1. The fraction of sp³-hybridized carbons (Fsp3) is 0.188. The summed E-state index contributed by atoms with van der Waals surface area (Å²) < 4.78 is 46.2. The van der Waals surface area contributed by atoms with Gasteiger partial charge in [-0.3, -0.25) is 0 Å². The number of nitrogens with zero attached hydrogens (tertiary/aromatic N) is 1. The predicted molar refractivity (Wildman–Crippen MR) is 95.0 cm³/mol. The van der Waals surface area contributed by atoms with E-state index in [4.69, 9.17) is 16.3 Å². The van der Waals surface area contributed by atoms with Gasteiger partial charge in [0.1, 0.15) is 10.7 Å². The zero-order chi connectivity index (χ0) is 18.0. The van der Waals surface area contributed by atoms with Gasteiger partial charge in [-0.1, -0.05) is 29.8 Å². The number of ether oxygens (including phenoxy) is 1. The molecule has 3 rings (SSSR count). The Morgan fingerprint density at radius 3 is 2.72 bits per heavy atom. The van der Waals surface area contributed by atoms with Gasteiger partial charge < -0.3 is 10.1 Å². The molecule has 2 N–H and O–H groups in total. The third-order valence-electron chi connectivity index (χ3n) is 3.56. The lowest BCUT2D eigenvalue weighted by Crippen LogP contribution is -2.41. The molecule has 1 heterocycles. The molecule has 0 aromatic heterocycles. The number of sulfonamides is 1. The molecule has 0 saturated heterocycles. The van der Waals surface area contributed by atoms with Crippen LogP contribution in [0.2, 0.25) is 5.02 Å². The van der Waals surface area contributed by atoms with Gasteiger partial charge in [0, 0.05) is 23.3 Å². The largest absolute Gasteiger partial charge is 0.383 e. The number of fused-ring (bicyclic) bond motifs is 1. The quantitative estimate of drug-likeness (QED) is 0.796. The van der Waals surface area contributed by atoms with E-state index in [1.807, 2.05) is 0 Å². The molecule has 2 aromatic carbocycles. The van der Waals surface area contributed by atoms with Gasteiger partial charge in [0.15, 0.2) is 0 Å². The minimum Gasteiger partial charge on any atom is -0.383 e. The maximum Gasteiger partial charge on any atom is 0.266 e. The Morgan fingerprint density at radius 1 is 1.24 bits per heavy atom. The lowest BCUT2D eigenvalue weighted by atomic mass is 10.0. The van der Waals surface area contributed by atoms with Crippen LogP contribution in [-0.4, -0.2) is 34.6 Å². The topological polar surface area (TPSA) is 79.8 Å². The summed E-state index contributed by atoms with van der Waals surface area (Å²) in [6.07, 6.45) is 0. The van der Waals surface area contributed by atoms with Crippen molar-refractivity contribution in [1.29, 1.82) is 0 Å². The predicted octanol–water partition coefficient (Wildman–Crippen LogP) is 2.85. The molecule has 1 aliphatic heterocycles. The smallest absolute Gasteiger partial charge is 0.266 e. The highest BCUT2D eigenvalue weighted by Gasteiger charge is 2.30. The van der Waals surface area contributed by atoms with Crippen LogP contribution >= 0.6 is 11.6 Å². The first-order chi connectivity index (χ1) is 11.9. The number of benzene rings is 2. The number of hydrogen-bond donors (Lipinski definition) is 2. The number of nitrogens with one attached hydrogen (secondary N) is 2. The van der Waals surface area contributed by atoms with Crippen LogP contribution in [0.1, 0.15) is 0 Å². The van der Waals surface area contributed by atoms with Gasteiger partial charge in [-0.05, 0) is 18.2 Å². The van der Waals surface area contributed by atoms with E-state index < -0.39 is 15.8 Å². The number of hydrogen-bond acceptors (Lipinski definition) is 4. The molecule has 0 atom stereocenters. The zero-order valence-electron chi connectivity index (χ0n) is 13.2. The molecule has 1 aliphatic rings. The molecule has 0 saturated carbocycles. The Kier molecular flexibility index (Phi) is 4.94. The maximum atomic E-state index is 14.1. The van der Waals surface area contributed by atoms with Crippen LogP contribution in [-0.2, 0) is 14.8 Å². The molecule has 6 nitrogen and oxygen atoms in total. The van der Waals surface area contributed by atoms with E-state index in [1.165, 1.54) is 13.2 Å². The first-order valence-corrected chi connectivity index (χ1v) is 9.20. The standard InChI is InChI=1S/C16H15ClFN3O3S/c1-24-7-6-19-16-20-15-12(11-4-2-3-5-13(11)17)8-10(18)9-14(15)25(22,23)21-16/h2-5,8-9H,6-7H2,1H3,(H2,19,20,21). The van der Waals surface area contributed by atoms with E-state index in [2.05, 4.69) is 15.0 Å². The lowest BCUT2D eigenvalue weighted by Gasteiger charge is -2.24. The van der Waals surface area contributed by atoms with Gasteiger partial charge in [0.05, 0.1) is 18.8 Å². The van der Waals surface area contributed by atoms with E-state index in [0.29, 0.717) is 22.8 Å². The Morgan fingerprint density at radius 2 is 2.00 bits per heavy atom. The van der Waals surface area contributed by atoms with E-state index in [-0.39, 0.29) is 23.1 Å². The molecule has 0 bridgehead atoms. The van der Waals surface area contributed by atoms with Gasteiger partial charge >= 0.3 is 0 Å². The van der Waals surface area contributed by atoms with Gasteiger partial charge in [-0.25, -0.2) is 22.5 Å². The third-order valence-corrected chi connectivity index (χ3v) is 5.25. The molecule has 2 aromatic rings. The Bertz CT molecular complexity index is 948. The molecule has 0 amide bonds. The van der Waals surface area contributed by atoms with Gasteiger partial charge in [0.2, 0.25) is 5.96 Å². The van der Waals surface area contributed by atoms with Crippen LogP contribution in [0.4, 0.5) is 10.1 Å². The SMILES string of the molecule is COCCN=C1Nc2c(-c3ccccc3Cl)cc(F)cc2S(=O)(=O)N1. The average molecular weight is 384 g/mol. The van der Waals surface area contributed by atoms with Crippen molar-refractivity contribution in [3.8, 4) is 11.1 Å². The van der Waals surface area contributed by atoms with Crippen LogP contribution in [0.25, 0.3) is 11.1 Å². The van der Waals surface area contributed by atoms with Crippen molar-refractivity contribution < 1.29 is 17.5 Å². The monoisotopic (exact) mass is 383 g/mol. The first-order valence-electron chi connectivity index (χ1n) is 7.34. The minimum absolute atomic E-state index is 0.0458. The lowest BCUT2D eigenvalue weighted by molar-refractivity contribution is 0.208. The Balaban J connectivity index is 2.17. The first kappa shape index (κ1) is 17.7. The molecule has 0 fully saturated rings. The summed E-state index contributed by atoms with van der Waals surface area (Å²) in [6, 6.07) is 9.01. The van der Waals surface area contributed by atoms with Crippen molar-refractivity contribution in [2.24, 2.45) is 4.99 Å². The van der Waals surface area contributed by atoms with Crippen molar-refractivity contribution in [3.05, 3.63) is 47.2 Å². The van der Waals surface area contributed by atoms with Crippen LogP contribution in [0, 0.1) is 5.82 Å². The van der Waals surface area contributed by atoms with Crippen LogP contribution in [0.15, 0.2) is 46.3 Å². The second kappa shape index (κ2) is 6.99. The number of anilines is 1. The van der Waals surface area contributed by atoms with Gasteiger partial charge in [-0.15, -0.1) is 0 Å².